The molecule has 2 heterocycles. The molecule has 0 aromatic carbocycles. The van der Waals surface area contributed by atoms with Crippen LogP contribution < -0.4 is 5.73 Å². The number of anilines is 1. The van der Waals surface area contributed by atoms with Crippen LogP contribution in [0, 0.1) is 5.92 Å². The van der Waals surface area contributed by atoms with Gasteiger partial charge in [-0.2, -0.15) is 10.2 Å². The summed E-state index contributed by atoms with van der Waals surface area (Å²) in [6.07, 6.45) is 3.14. The van der Waals surface area contributed by atoms with E-state index in [1.165, 1.54) is 17.2 Å². The summed E-state index contributed by atoms with van der Waals surface area (Å²) in [4.78, 5) is 16.3. The number of hydrogen-bond donors (Lipinski definition) is 1. The second-order valence-corrected chi connectivity index (χ2v) is 4.92. The topological polar surface area (TPSA) is 91.6 Å². The third-order valence-corrected chi connectivity index (χ3v) is 2.84. The second-order valence-electron chi connectivity index (χ2n) is 4.92. The maximum absolute atomic E-state index is 12.2. The minimum Gasteiger partial charge on any atom is -0.383 e. The Morgan fingerprint density at radius 3 is 2.74 bits per heavy atom. The van der Waals surface area contributed by atoms with E-state index in [1.807, 2.05) is 0 Å². The smallest absolute Gasteiger partial charge is 0.175 e. The number of nitrogens with two attached hydrogens (primary N) is 1. The Morgan fingerprint density at radius 1 is 1.42 bits per heavy atom. The van der Waals surface area contributed by atoms with Crippen LogP contribution in [-0.2, 0) is 20.0 Å². The van der Waals surface area contributed by atoms with Gasteiger partial charge in [0, 0.05) is 13.6 Å². The number of ketones is 1. The van der Waals surface area contributed by atoms with Gasteiger partial charge < -0.3 is 5.73 Å². The molecular formula is C12H18N6O. The van der Waals surface area contributed by atoms with Crippen LogP contribution in [0.2, 0.25) is 0 Å². The van der Waals surface area contributed by atoms with Crippen LogP contribution in [0.3, 0.4) is 0 Å². The molecule has 7 heteroatoms. The molecule has 0 fully saturated rings. The van der Waals surface area contributed by atoms with Crippen molar-refractivity contribution in [2.24, 2.45) is 13.0 Å². The lowest BCUT2D eigenvalue weighted by Crippen LogP contribution is -2.15. The van der Waals surface area contributed by atoms with Gasteiger partial charge in [-0.3, -0.25) is 9.48 Å². The number of aryl methyl sites for hydroxylation is 1. The normalized spacial score (nSPS) is 11.2. The molecule has 0 amide bonds. The fourth-order valence-corrected chi connectivity index (χ4v) is 1.82. The Kier molecular flexibility index (Phi) is 3.64. The van der Waals surface area contributed by atoms with Crippen molar-refractivity contribution in [2.45, 2.75) is 26.8 Å². The van der Waals surface area contributed by atoms with E-state index in [4.69, 9.17) is 5.73 Å². The molecular weight excluding hydrogens is 244 g/mol. The van der Waals surface area contributed by atoms with Gasteiger partial charge in [-0.25, -0.2) is 9.67 Å². The lowest BCUT2D eigenvalue weighted by molar-refractivity contribution is 0.0990. The predicted molar refractivity (Wildman–Crippen MR) is 70.5 cm³/mol. The summed E-state index contributed by atoms with van der Waals surface area (Å²) in [6, 6.07) is 0. The number of aromatic nitrogens is 5. The molecule has 2 aromatic rings. The zero-order valence-corrected chi connectivity index (χ0v) is 11.4. The van der Waals surface area contributed by atoms with Crippen molar-refractivity contribution in [3.63, 3.8) is 0 Å². The van der Waals surface area contributed by atoms with Gasteiger partial charge in [0.1, 0.15) is 18.0 Å². The molecule has 102 valence electrons. The van der Waals surface area contributed by atoms with E-state index in [0.29, 0.717) is 23.1 Å². The number of carbonyl (C=O) groups excluding carboxylic acids is 1. The van der Waals surface area contributed by atoms with Gasteiger partial charge in [0.15, 0.2) is 5.78 Å². The number of carbonyl (C=O) groups is 1. The average Bonchev–Trinajstić information content (AvgIpc) is 2.88. The number of nitrogens with zero attached hydrogens (tertiary/aromatic N) is 5. The van der Waals surface area contributed by atoms with Crippen LogP contribution in [0.25, 0.3) is 0 Å². The molecule has 0 aliphatic heterocycles. The van der Waals surface area contributed by atoms with Crippen LogP contribution in [0.4, 0.5) is 5.82 Å². The highest BCUT2D eigenvalue weighted by Crippen LogP contribution is 2.13. The number of Topliss-reactive ketones (excluding diaryl/α,β-unsaturated/α-hetero) is 1. The van der Waals surface area contributed by atoms with Crippen LogP contribution >= 0.6 is 0 Å². The zero-order chi connectivity index (χ0) is 14.0. The van der Waals surface area contributed by atoms with Crippen molar-refractivity contribution in [1.29, 1.82) is 0 Å². The van der Waals surface area contributed by atoms with Crippen LogP contribution in [-0.4, -0.2) is 30.3 Å². The average molecular weight is 262 g/mol. The number of rotatable bonds is 5. The second kappa shape index (κ2) is 5.21. The molecule has 0 atom stereocenters. The molecule has 2 N–H and O–H groups in total. The Balaban J connectivity index is 2.15. The van der Waals surface area contributed by atoms with Crippen molar-refractivity contribution >= 4 is 11.6 Å². The van der Waals surface area contributed by atoms with Gasteiger partial charge in [0.25, 0.3) is 0 Å². The maximum Gasteiger partial charge on any atom is 0.175 e. The first-order chi connectivity index (χ1) is 8.99. The summed E-state index contributed by atoms with van der Waals surface area (Å²) in [5.41, 5.74) is 6.22. The third-order valence-electron chi connectivity index (χ3n) is 2.84. The van der Waals surface area contributed by atoms with E-state index < -0.39 is 0 Å². The largest absolute Gasteiger partial charge is 0.383 e. The molecule has 0 radical (unpaired) electrons. The molecule has 2 rings (SSSR count). The molecule has 7 nitrogen and oxygen atoms in total. The summed E-state index contributed by atoms with van der Waals surface area (Å²) >= 11 is 0. The van der Waals surface area contributed by atoms with E-state index in [1.54, 1.807) is 11.7 Å². The van der Waals surface area contributed by atoms with E-state index in [0.717, 1.165) is 6.54 Å². The quantitative estimate of drug-likeness (QED) is 0.800. The first-order valence-electron chi connectivity index (χ1n) is 6.16. The summed E-state index contributed by atoms with van der Waals surface area (Å²) < 4.78 is 3.24. The SMILES string of the molecule is CC(C)Cn1ncnc1CC(=O)c1cnn(C)c1N. The van der Waals surface area contributed by atoms with Gasteiger partial charge in [-0.15, -0.1) is 0 Å². The van der Waals surface area contributed by atoms with Crippen molar-refractivity contribution in [1.82, 2.24) is 24.5 Å². The summed E-state index contributed by atoms with van der Waals surface area (Å²) in [6.45, 7) is 4.92. The fraction of sp³-hybridized carbons (Fsp3) is 0.500. The Labute approximate surface area is 111 Å². The molecule has 0 saturated heterocycles. The Bertz CT molecular complexity index is 583. The van der Waals surface area contributed by atoms with E-state index in [-0.39, 0.29) is 12.2 Å². The molecule has 0 unspecified atom stereocenters. The van der Waals surface area contributed by atoms with Gasteiger partial charge in [0.05, 0.1) is 18.2 Å². The van der Waals surface area contributed by atoms with E-state index >= 15 is 0 Å². The standard InChI is InChI=1S/C12H18N6O/c1-8(2)6-18-11(14-7-16-18)4-10(19)9-5-15-17(3)12(9)13/h5,7-8H,4,6,13H2,1-3H3. The van der Waals surface area contributed by atoms with Gasteiger partial charge in [0.2, 0.25) is 0 Å². The molecule has 2 aromatic heterocycles. The first kappa shape index (κ1) is 13.3. The summed E-state index contributed by atoms with van der Waals surface area (Å²) in [5, 5.41) is 8.10. The van der Waals surface area contributed by atoms with Crippen molar-refractivity contribution < 1.29 is 4.79 Å². The van der Waals surface area contributed by atoms with E-state index in [2.05, 4.69) is 29.0 Å². The van der Waals surface area contributed by atoms with Crippen LogP contribution in [0.5, 0.6) is 0 Å². The molecule has 0 aliphatic carbocycles. The highest BCUT2D eigenvalue weighted by Gasteiger charge is 2.17. The molecule has 0 aliphatic rings. The third kappa shape index (κ3) is 2.81. The zero-order valence-electron chi connectivity index (χ0n) is 11.4. The minimum absolute atomic E-state index is 0.0939. The lowest BCUT2D eigenvalue weighted by Gasteiger charge is -2.07. The highest BCUT2D eigenvalue weighted by molar-refractivity contribution is 6.00. The van der Waals surface area contributed by atoms with Crippen molar-refractivity contribution in [2.75, 3.05) is 5.73 Å². The molecule has 0 spiro atoms. The molecule has 0 bridgehead atoms. The Morgan fingerprint density at radius 2 is 2.16 bits per heavy atom. The first-order valence-corrected chi connectivity index (χ1v) is 6.16. The summed E-state index contributed by atoms with van der Waals surface area (Å²) in [7, 11) is 1.70. The van der Waals surface area contributed by atoms with Gasteiger partial charge in [-0.05, 0) is 5.92 Å². The van der Waals surface area contributed by atoms with Crippen LogP contribution in [0.15, 0.2) is 12.5 Å². The number of hydrogen-bond acceptors (Lipinski definition) is 5. The van der Waals surface area contributed by atoms with Crippen LogP contribution in [0.1, 0.15) is 30.0 Å². The minimum atomic E-state index is -0.0939. The van der Waals surface area contributed by atoms with E-state index in [9.17, 15) is 4.79 Å². The Hall–Kier alpha value is -2.18. The fourth-order valence-electron chi connectivity index (χ4n) is 1.82. The van der Waals surface area contributed by atoms with Crippen molar-refractivity contribution in [3.05, 3.63) is 23.9 Å². The maximum atomic E-state index is 12.2. The summed E-state index contributed by atoms with van der Waals surface area (Å²) in [5.74, 6) is 1.38. The van der Waals surface area contributed by atoms with Gasteiger partial charge >= 0.3 is 0 Å². The lowest BCUT2D eigenvalue weighted by atomic mass is 10.1. The van der Waals surface area contributed by atoms with Gasteiger partial charge in [-0.1, -0.05) is 13.8 Å². The molecule has 19 heavy (non-hydrogen) atoms. The van der Waals surface area contributed by atoms with Crippen molar-refractivity contribution in [3.8, 4) is 0 Å². The molecule has 0 saturated carbocycles. The number of nitrogen functional groups attached to an aromatic ring is 1. The predicted octanol–water partition coefficient (Wildman–Crippen LogP) is 0.675. The highest BCUT2D eigenvalue weighted by atomic mass is 16.1. The monoisotopic (exact) mass is 262 g/mol.